The number of carbonyl (C=O) groups excluding carboxylic acids is 2. The van der Waals surface area contributed by atoms with Gasteiger partial charge in [-0.3, -0.25) is 14.4 Å². The molecule has 2 amide bonds. The summed E-state index contributed by atoms with van der Waals surface area (Å²) in [6.45, 7) is 2.44. The van der Waals surface area contributed by atoms with E-state index in [1.165, 1.54) is 0 Å². The second-order valence-corrected chi connectivity index (χ2v) is 8.56. The Morgan fingerprint density at radius 2 is 1.70 bits per heavy atom. The van der Waals surface area contributed by atoms with Gasteiger partial charge in [-0.1, -0.05) is 6.42 Å². The van der Waals surface area contributed by atoms with E-state index in [4.69, 9.17) is 4.98 Å². The summed E-state index contributed by atoms with van der Waals surface area (Å²) >= 11 is 0. The molecule has 0 bridgehead atoms. The Bertz CT molecular complexity index is 840. The molecule has 2 aliphatic carbocycles. The minimum atomic E-state index is -0.0720. The molecule has 3 fully saturated rings. The maximum absolute atomic E-state index is 12.6. The van der Waals surface area contributed by atoms with Crippen LogP contribution >= 0.6 is 0 Å². The average Bonchev–Trinajstić information content (AvgIpc) is 3.35. The monoisotopic (exact) mass is 370 g/mol. The molecule has 1 aromatic rings. The number of aromatic nitrogens is 2. The second-order valence-electron chi connectivity index (χ2n) is 8.56. The van der Waals surface area contributed by atoms with E-state index in [1.54, 1.807) is 0 Å². The number of nitrogens with one attached hydrogen (secondary N) is 1. The second kappa shape index (κ2) is 6.46. The van der Waals surface area contributed by atoms with Crippen LogP contribution in [0.5, 0.6) is 0 Å². The lowest BCUT2D eigenvalue weighted by Crippen LogP contribution is -2.40. The van der Waals surface area contributed by atoms with Crippen molar-refractivity contribution in [3.63, 3.8) is 0 Å². The van der Waals surface area contributed by atoms with Crippen LogP contribution in [0.2, 0.25) is 0 Å². The number of carbonyl (C=O) groups is 2. The molecule has 0 aromatic carbocycles. The van der Waals surface area contributed by atoms with Crippen molar-refractivity contribution in [1.29, 1.82) is 0 Å². The van der Waals surface area contributed by atoms with Crippen molar-refractivity contribution in [2.24, 2.45) is 11.8 Å². The van der Waals surface area contributed by atoms with Crippen LogP contribution in [-0.2, 0) is 22.6 Å². The van der Waals surface area contributed by atoms with Gasteiger partial charge in [0.1, 0.15) is 5.82 Å². The van der Waals surface area contributed by atoms with Crippen LogP contribution in [0.3, 0.4) is 0 Å². The molecule has 27 heavy (non-hydrogen) atoms. The maximum Gasteiger partial charge on any atom is 0.254 e. The predicted molar refractivity (Wildman–Crippen MR) is 98.0 cm³/mol. The fourth-order valence-electron chi connectivity index (χ4n) is 4.53. The van der Waals surface area contributed by atoms with E-state index in [0.29, 0.717) is 31.9 Å². The Balaban J connectivity index is 1.33. The van der Waals surface area contributed by atoms with E-state index in [1.807, 2.05) is 9.80 Å². The number of fused-ring (bicyclic) bond motifs is 1. The van der Waals surface area contributed by atoms with Crippen molar-refractivity contribution < 1.29 is 9.59 Å². The predicted octanol–water partition coefficient (Wildman–Crippen LogP) is 1.18. The number of hydrogen-bond donors (Lipinski definition) is 1. The summed E-state index contributed by atoms with van der Waals surface area (Å²) in [5, 5.41) is 0. The molecule has 0 spiro atoms. The van der Waals surface area contributed by atoms with Crippen molar-refractivity contribution in [3.05, 3.63) is 27.4 Å². The molecule has 0 radical (unpaired) electrons. The highest BCUT2D eigenvalue weighted by molar-refractivity contribution is 5.81. The van der Waals surface area contributed by atoms with Crippen LogP contribution in [0.4, 0.5) is 0 Å². The van der Waals surface area contributed by atoms with Gasteiger partial charge >= 0.3 is 0 Å². The van der Waals surface area contributed by atoms with Crippen LogP contribution < -0.4 is 5.56 Å². The third kappa shape index (κ3) is 3.07. The van der Waals surface area contributed by atoms with Crippen LogP contribution in [0.25, 0.3) is 0 Å². The minimum absolute atomic E-state index is 0.0720. The molecule has 1 aromatic heterocycles. The molecular weight excluding hydrogens is 344 g/mol. The van der Waals surface area contributed by atoms with Gasteiger partial charge in [-0.05, 0) is 38.5 Å². The zero-order valence-electron chi connectivity index (χ0n) is 15.6. The van der Waals surface area contributed by atoms with E-state index in [0.717, 1.165) is 56.3 Å². The molecule has 1 N–H and O–H groups in total. The number of H-pyrrole nitrogens is 1. The lowest BCUT2D eigenvalue weighted by molar-refractivity contribution is -0.137. The fourth-order valence-corrected chi connectivity index (χ4v) is 4.53. The molecular formula is C20H26N4O3. The Hall–Kier alpha value is -2.18. The van der Waals surface area contributed by atoms with Gasteiger partial charge in [-0.15, -0.1) is 0 Å². The Morgan fingerprint density at radius 1 is 0.963 bits per heavy atom. The quantitative estimate of drug-likeness (QED) is 0.866. The van der Waals surface area contributed by atoms with Gasteiger partial charge in [0.05, 0.1) is 12.2 Å². The topological polar surface area (TPSA) is 86.4 Å². The van der Waals surface area contributed by atoms with Gasteiger partial charge in [-0.2, -0.15) is 0 Å². The maximum atomic E-state index is 12.6. The van der Waals surface area contributed by atoms with Crippen molar-refractivity contribution in [2.45, 2.75) is 57.4 Å². The highest BCUT2D eigenvalue weighted by Gasteiger charge is 2.37. The first-order valence-corrected chi connectivity index (χ1v) is 10.3. The van der Waals surface area contributed by atoms with Gasteiger partial charge in [-0.25, -0.2) is 4.98 Å². The van der Waals surface area contributed by atoms with E-state index in [2.05, 4.69) is 4.98 Å². The number of rotatable bonds is 3. The average molecular weight is 370 g/mol. The van der Waals surface area contributed by atoms with Gasteiger partial charge < -0.3 is 14.8 Å². The zero-order valence-corrected chi connectivity index (χ0v) is 15.6. The molecule has 3 heterocycles. The molecule has 4 aliphatic rings. The summed E-state index contributed by atoms with van der Waals surface area (Å²) in [4.78, 5) is 48.9. The van der Waals surface area contributed by atoms with Crippen LogP contribution in [0.1, 0.15) is 61.5 Å². The molecule has 7 heteroatoms. The molecule has 1 saturated heterocycles. The van der Waals surface area contributed by atoms with Gasteiger partial charge in [0.2, 0.25) is 11.8 Å². The molecule has 1 atom stereocenters. The van der Waals surface area contributed by atoms with Crippen molar-refractivity contribution >= 4 is 11.8 Å². The molecule has 0 unspecified atom stereocenters. The van der Waals surface area contributed by atoms with E-state index in [9.17, 15) is 14.4 Å². The highest BCUT2D eigenvalue weighted by Crippen LogP contribution is 2.34. The number of likely N-dealkylation sites (tertiary alicyclic amines) is 1. The molecule has 5 rings (SSSR count). The van der Waals surface area contributed by atoms with Crippen LogP contribution in [-0.4, -0.2) is 51.2 Å². The number of nitrogens with zero attached hydrogens (tertiary/aromatic N) is 3. The number of aromatic amines is 1. The first-order chi connectivity index (χ1) is 13.1. The SMILES string of the molecule is O=C(C1CC1)N1CCc2c(nc([C@H]3CCN(C(=O)C4CCC4)C3)[nH]c2=O)C1. The summed E-state index contributed by atoms with van der Waals surface area (Å²) in [5.41, 5.74) is 1.40. The standard InChI is InChI=1S/C20H26N4O3/c25-18-15-7-9-24(20(27)13-4-5-13)11-16(15)21-17(22-18)14-6-8-23(10-14)19(26)12-2-1-3-12/h12-14H,1-11H2,(H,21,22,25)/t14-/m0/s1. The Labute approximate surface area is 158 Å². The first-order valence-electron chi connectivity index (χ1n) is 10.3. The van der Waals surface area contributed by atoms with E-state index in [-0.39, 0.29) is 35.1 Å². The Morgan fingerprint density at radius 3 is 2.41 bits per heavy atom. The Kier molecular flexibility index (Phi) is 4.06. The third-order valence-electron chi connectivity index (χ3n) is 6.67. The minimum Gasteiger partial charge on any atom is -0.342 e. The summed E-state index contributed by atoms with van der Waals surface area (Å²) in [6.07, 6.45) is 6.58. The summed E-state index contributed by atoms with van der Waals surface area (Å²) in [7, 11) is 0. The summed E-state index contributed by atoms with van der Waals surface area (Å²) in [5.74, 6) is 1.65. The number of hydrogen-bond acceptors (Lipinski definition) is 4. The van der Waals surface area contributed by atoms with Crippen molar-refractivity contribution in [2.75, 3.05) is 19.6 Å². The lowest BCUT2D eigenvalue weighted by Gasteiger charge is -2.29. The smallest absolute Gasteiger partial charge is 0.254 e. The fraction of sp³-hybridized carbons (Fsp3) is 0.700. The normalized spacial score (nSPS) is 25.3. The van der Waals surface area contributed by atoms with E-state index >= 15 is 0 Å². The van der Waals surface area contributed by atoms with Crippen LogP contribution in [0, 0.1) is 11.8 Å². The zero-order chi connectivity index (χ0) is 18.5. The third-order valence-corrected chi connectivity index (χ3v) is 6.67. The molecule has 2 aliphatic heterocycles. The highest BCUT2D eigenvalue weighted by atomic mass is 16.2. The van der Waals surface area contributed by atoms with Gasteiger partial charge in [0.25, 0.3) is 5.56 Å². The van der Waals surface area contributed by atoms with Gasteiger partial charge in [0.15, 0.2) is 0 Å². The molecule has 144 valence electrons. The first kappa shape index (κ1) is 17.0. The van der Waals surface area contributed by atoms with E-state index < -0.39 is 0 Å². The van der Waals surface area contributed by atoms with Crippen molar-refractivity contribution in [1.82, 2.24) is 19.8 Å². The summed E-state index contributed by atoms with van der Waals surface area (Å²) < 4.78 is 0. The van der Waals surface area contributed by atoms with Gasteiger partial charge in [0, 0.05) is 43.0 Å². The largest absolute Gasteiger partial charge is 0.342 e. The lowest BCUT2D eigenvalue weighted by atomic mass is 9.84. The molecule has 7 nitrogen and oxygen atoms in total. The van der Waals surface area contributed by atoms with Crippen LogP contribution in [0.15, 0.2) is 4.79 Å². The number of amides is 2. The molecule has 2 saturated carbocycles. The van der Waals surface area contributed by atoms with Crippen molar-refractivity contribution in [3.8, 4) is 0 Å². The summed E-state index contributed by atoms with van der Waals surface area (Å²) in [6, 6.07) is 0.